The van der Waals surface area contributed by atoms with Gasteiger partial charge in [-0.3, -0.25) is 0 Å². The Kier molecular flexibility index (Phi) is 12.0. The standard InChI is InChI=1S/C45H41N4O4S2/c1-44(2)36-12-8-10-14-38(36)48(26-28-52-42(50)32-18-22-34(23-19-32)46-30-54)40(44)16-6-5-7-17-41-45(3,4)37-13-9-11-15-39(37)49(41)27-29-53-43(51)33-20-24-35(25-21-33)47-31-55/h5-25H,26-29H2,1-4H3/q+1. The maximum atomic E-state index is 12.8. The SMILES string of the molecule is CC1(C)C(/C=C/C=C/C=C2/N(CCOC(=O)c3ccc(N=C=S)cc3)c3ccccc3C2(C)C)=[N+](CCOC(=O)c2ccc(N=C=S)cc2)c2ccccc21. The van der Waals surface area contributed by atoms with Crippen LogP contribution in [0.3, 0.4) is 0 Å². The minimum atomic E-state index is -0.398. The van der Waals surface area contributed by atoms with Gasteiger partial charge in [-0.2, -0.15) is 14.6 Å². The Bertz CT molecular complexity index is 2330. The number of aliphatic imine (C=N–C) groups is 2. The summed E-state index contributed by atoms with van der Waals surface area (Å²) in [6, 6.07) is 30.2. The van der Waals surface area contributed by atoms with Gasteiger partial charge in [0, 0.05) is 34.5 Å². The highest BCUT2D eigenvalue weighted by Gasteiger charge is 2.44. The predicted molar refractivity (Wildman–Crippen MR) is 225 cm³/mol. The summed E-state index contributed by atoms with van der Waals surface area (Å²) in [6.07, 6.45) is 10.4. The largest absolute Gasteiger partial charge is 0.460 e. The lowest BCUT2D eigenvalue weighted by molar-refractivity contribution is -0.440. The molecule has 10 heteroatoms. The number of nitrogens with zero attached hydrogens (tertiary/aromatic N) is 4. The Morgan fingerprint density at radius 2 is 1.27 bits per heavy atom. The summed E-state index contributed by atoms with van der Waals surface area (Å²) in [5.74, 6) is -0.795. The maximum absolute atomic E-state index is 12.8. The number of benzene rings is 4. The number of ether oxygens (including phenoxy) is 2. The molecule has 0 fully saturated rings. The third kappa shape index (κ3) is 8.44. The summed E-state index contributed by atoms with van der Waals surface area (Å²) >= 11 is 9.32. The lowest BCUT2D eigenvalue weighted by atomic mass is 9.81. The lowest BCUT2D eigenvalue weighted by Gasteiger charge is -2.26. The van der Waals surface area contributed by atoms with E-state index in [1.165, 1.54) is 11.1 Å². The molecule has 0 N–H and O–H groups in total. The fourth-order valence-corrected chi connectivity index (χ4v) is 7.41. The van der Waals surface area contributed by atoms with Crippen molar-refractivity contribution < 1.29 is 23.6 Å². The molecule has 0 aliphatic carbocycles. The van der Waals surface area contributed by atoms with Gasteiger partial charge in [-0.1, -0.05) is 68.5 Å². The van der Waals surface area contributed by atoms with E-state index in [-0.39, 0.29) is 24.0 Å². The number of hydrogen-bond donors (Lipinski definition) is 0. The summed E-state index contributed by atoms with van der Waals surface area (Å²) in [7, 11) is 0. The molecule has 4 aromatic rings. The van der Waals surface area contributed by atoms with E-state index in [0.717, 1.165) is 22.8 Å². The number of fused-ring (bicyclic) bond motifs is 2. The van der Waals surface area contributed by atoms with Crippen LogP contribution in [0.1, 0.15) is 59.5 Å². The van der Waals surface area contributed by atoms with Crippen molar-refractivity contribution in [1.29, 1.82) is 0 Å². The minimum Gasteiger partial charge on any atom is -0.460 e. The van der Waals surface area contributed by atoms with Crippen LogP contribution in [0.2, 0.25) is 0 Å². The second-order valence-corrected chi connectivity index (χ2v) is 14.4. The third-order valence-corrected chi connectivity index (χ3v) is 10.2. The minimum absolute atomic E-state index is 0.207. The van der Waals surface area contributed by atoms with Crippen LogP contribution in [-0.2, 0) is 20.3 Å². The second kappa shape index (κ2) is 17.1. The summed E-state index contributed by atoms with van der Waals surface area (Å²) in [5.41, 5.74) is 8.41. The molecule has 0 saturated carbocycles. The van der Waals surface area contributed by atoms with Crippen LogP contribution in [0.5, 0.6) is 0 Å². The van der Waals surface area contributed by atoms with Crippen molar-refractivity contribution in [2.45, 2.75) is 38.5 Å². The zero-order chi connectivity index (χ0) is 39.0. The van der Waals surface area contributed by atoms with Crippen molar-refractivity contribution in [3.63, 3.8) is 0 Å². The van der Waals surface area contributed by atoms with Crippen molar-refractivity contribution >= 4 is 75.2 Å². The van der Waals surface area contributed by atoms with Crippen molar-refractivity contribution in [1.82, 2.24) is 0 Å². The zero-order valence-electron chi connectivity index (χ0n) is 31.2. The Hall–Kier alpha value is -5.89. The average Bonchev–Trinajstić information content (AvgIpc) is 3.53. The number of allylic oxidation sites excluding steroid dienone is 6. The summed E-state index contributed by atoms with van der Waals surface area (Å²) in [4.78, 5) is 35.8. The summed E-state index contributed by atoms with van der Waals surface area (Å²) in [5, 5.41) is 4.66. The number of thiocarbonyl (C=S) groups is 2. The van der Waals surface area contributed by atoms with Crippen molar-refractivity contribution in [2.24, 2.45) is 9.98 Å². The number of para-hydroxylation sites is 2. The van der Waals surface area contributed by atoms with Gasteiger partial charge in [0.25, 0.3) is 0 Å². The molecule has 0 unspecified atom stereocenters. The van der Waals surface area contributed by atoms with Crippen LogP contribution >= 0.6 is 24.4 Å². The number of hydrogen-bond acceptors (Lipinski definition) is 9. The van der Waals surface area contributed by atoms with Crippen molar-refractivity contribution in [3.05, 3.63) is 155 Å². The second-order valence-electron chi connectivity index (χ2n) is 14.0. The Balaban J connectivity index is 1.17. The van der Waals surface area contributed by atoms with Gasteiger partial charge in [-0.25, -0.2) is 9.59 Å². The normalized spacial score (nSPS) is 15.8. The Morgan fingerprint density at radius 3 is 1.89 bits per heavy atom. The van der Waals surface area contributed by atoms with E-state index in [1.807, 2.05) is 30.4 Å². The molecular formula is C45H41N4O4S2+. The molecule has 0 amide bonds. The fraction of sp³-hybridized carbons (Fsp3) is 0.222. The zero-order valence-corrected chi connectivity index (χ0v) is 32.8. The molecule has 0 spiro atoms. The third-order valence-electron chi connectivity index (χ3n) is 9.98. The van der Waals surface area contributed by atoms with Crippen LogP contribution in [-0.4, -0.2) is 58.9 Å². The number of rotatable bonds is 13. The summed E-state index contributed by atoms with van der Waals surface area (Å²) < 4.78 is 13.6. The number of esters is 2. The van der Waals surface area contributed by atoms with E-state index in [9.17, 15) is 9.59 Å². The fourth-order valence-electron chi connectivity index (χ4n) is 7.20. The van der Waals surface area contributed by atoms with Crippen LogP contribution in [0.15, 0.2) is 143 Å². The topological polar surface area (TPSA) is 83.6 Å². The van der Waals surface area contributed by atoms with Gasteiger partial charge in [0.2, 0.25) is 5.69 Å². The average molecular weight is 766 g/mol. The number of anilines is 1. The molecule has 55 heavy (non-hydrogen) atoms. The molecule has 2 aliphatic heterocycles. The van der Waals surface area contributed by atoms with Gasteiger partial charge in [0.15, 0.2) is 18.9 Å². The van der Waals surface area contributed by atoms with E-state index in [0.29, 0.717) is 35.6 Å². The smallest absolute Gasteiger partial charge is 0.338 e. The van der Waals surface area contributed by atoms with E-state index in [4.69, 9.17) is 9.47 Å². The highest BCUT2D eigenvalue weighted by atomic mass is 32.1. The Labute approximate surface area is 332 Å². The van der Waals surface area contributed by atoms with E-state index < -0.39 is 11.9 Å². The molecule has 2 aliphatic rings. The molecule has 0 bridgehead atoms. The molecule has 0 atom stereocenters. The van der Waals surface area contributed by atoms with Crippen LogP contribution in [0.4, 0.5) is 22.7 Å². The van der Waals surface area contributed by atoms with Gasteiger partial charge in [0.1, 0.15) is 6.61 Å². The number of isothiocyanates is 2. The van der Waals surface area contributed by atoms with Gasteiger partial charge in [-0.15, -0.1) is 0 Å². The van der Waals surface area contributed by atoms with Crippen LogP contribution < -0.4 is 4.90 Å². The first-order chi connectivity index (χ1) is 26.6. The monoisotopic (exact) mass is 765 g/mol. The molecule has 6 rings (SSSR count). The summed E-state index contributed by atoms with van der Waals surface area (Å²) in [6.45, 7) is 10.2. The van der Waals surface area contributed by atoms with E-state index in [2.05, 4.69) is 130 Å². The molecule has 0 aromatic heterocycles. The van der Waals surface area contributed by atoms with E-state index in [1.54, 1.807) is 48.5 Å². The van der Waals surface area contributed by atoms with Crippen molar-refractivity contribution in [2.75, 3.05) is 31.2 Å². The maximum Gasteiger partial charge on any atom is 0.338 e. The molecule has 0 saturated heterocycles. The molecular weight excluding hydrogens is 725 g/mol. The van der Waals surface area contributed by atoms with Gasteiger partial charge >= 0.3 is 11.9 Å². The molecule has 276 valence electrons. The lowest BCUT2D eigenvalue weighted by Crippen LogP contribution is -2.29. The van der Waals surface area contributed by atoms with Crippen molar-refractivity contribution in [3.8, 4) is 0 Å². The van der Waals surface area contributed by atoms with Gasteiger partial charge in [-0.05, 0) is 105 Å². The molecule has 0 radical (unpaired) electrons. The van der Waals surface area contributed by atoms with E-state index >= 15 is 0 Å². The Morgan fingerprint density at radius 1 is 0.709 bits per heavy atom. The van der Waals surface area contributed by atoms with Crippen LogP contribution in [0, 0.1) is 0 Å². The van der Waals surface area contributed by atoms with Gasteiger partial charge in [0.05, 0.1) is 44.8 Å². The molecule has 8 nitrogen and oxygen atoms in total. The quantitative estimate of drug-likeness (QED) is 0.0441. The molecule has 4 aromatic carbocycles. The van der Waals surface area contributed by atoms with Gasteiger partial charge < -0.3 is 14.4 Å². The first-order valence-electron chi connectivity index (χ1n) is 17.9. The predicted octanol–water partition coefficient (Wildman–Crippen LogP) is 10.0. The first-order valence-corrected chi connectivity index (χ1v) is 18.7. The first kappa shape index (κ1) is 38.8. The van der Waals surface area contributed by atoms with Crippen LogP contribution in [0.25, 0.3) is 0 Å². The molecule has 2 heterocycles. The number of carbonyl (C=O) groups is 2. The highest BCUT2D eigenvalue weighted by Crippen LogP contribution is 2.47. The highest BCUT2D eigenvalue weighted by molar-refractivity contribution is 7.78. The number of carbonyl (C=O) groups excluding carboxylic acids is 2.